The molecule has 2 N–H and O–H groups in total. The van der Waals surface area contributed by atoms with Gasteiger partial charge in [-0.05, 0) is 28.1 Å². The van der Waals surface area contributed by atoms with Gasteiger partial charge in [0.2, 0.25) is 0 Å². The molecule has 1 heterocycles. The highest BCUT2D eigenvalue weighted by Crippen LogP contribution is 2.13. The maximum atomic E-state index is 11.1. The minimum atomic E-state index is -0.0810. The van der Waals surface area contributed by atoms with Crippen molar-refractivity contribution in [2.24, 2.45) is 0 Å². The van der Waals surface area contributed by atoms with Crippen LogP contribution in [-0.2, 0) is 6.54 Å². The molecule has 0 aromatic carbocycles. The van der Waals surface area contributed by atoms with Gasteiger partial charge in [-0.2, -0.15) is 0 Å². The van der Waals surface area contributed by atoms with E-state index in [9.17, 15) is 4.79 Å². The van der Waals surface area contributed by atoms with Crippen LogP contribution in [0.1, 0.15) is 5.76 Å². The zero-order chi connectivity index (χ0) is 12.0. The Labute approximate surface area is 103 Å². The Morgan fingerprint density at radius 2 is 2.19 bits per heavy atom. The summed E-state index contributed by atoms with van der Waals surface area (Å²) in [6.45, 7) is 1.96. The van der Waals surface area contributed by atoms with Crippen molar-refractivity contribution >= 4 is 22.0 Å². The molecule has 1 rings (SSSR count). The number of rotatable bonds is 5. The maximum absolute atomic E-state index is 11.1. The standard InChI is InChI=1S/C10H16BrN3O2/c1-14(2)10(15)13-6-5-12-7-8-3-4-9(11)16-8/h3-4,12H,5-7H2,1-2H3,(H,13,15). The van der Waals surface area contributed by atoms with Crippen molar-refractivity contribution in [1.82, 2.24) is 15.5 Å². The Hall–Kier alpha value is -1.01. The van der Waals surface area contributed by atoms with Crippen LogP contribution in [0.2, 0.25) is 0 Å². The highest BCUT2D eigenvalue weighted by Gasteiger charge is 2.01. The molecule has 0 radical (unpaired) electrons. The molecule has 0 aliphatic rings. The van der Waals surface area contributed by atoms with Crippen molar-refractivity contribution in [1.29, 1.82) is 0 Å². The van der Waals surface area contributed by atoms with E-state index in [1.54, 1.807) is 14.1 Å². The third kappa shape index (κ3) is 4.67. The van der Waals surface area contributed by atoms with Crippen LogP contribution in [0.5, 0.6) is 0 Å². The smallest absolute Gasteiger partial charge is 0.316 e. The molecule has 1 aromatic heterocycles. The van der Waals surface area contributed by atoms with Crippen molar-refractivity contribution in [2.45, 2.75) is 6.54 Å². The Balaban J connectivity index is 2.06. The first-order valence-electron chi connectivity index (χ1n) is 4.99. The highest BCUT2D eigenvalue weighted by atomic mass is 79.9. The fourth-order valence-corrected chi connectivity index (χ4v) is 1.41. The number of carbonyl (C=O) groups excluding carboxylic acids is 1. The first kappa shape index (κ1) is 13.1. The fraction of sp³-hybridized carbons (Fsp3) is 0.500. The lowest BCUT2D eigenvalue weighted by Gasteiger charge is -2.11. The minimum Gasteiger partial charge on any atom is -0.453 e. The molecule has 16 heavy (non-hydrogen) atoms. The summed E-state index contributed by atoms with van der Waals surface area (Å²) >= 11 is 3.23. The molecule has 0 atom stereocenters. The van der Waals surface area contributed by atoms with Gasteiger partial charge >= 0.3 is 6.03 Å². The first-order chi connectivity index (χ1) is 7.59. The summed E-state index contributed by atoms with van der Waals surface area (Å²) in [4.78, 5) is 12.6. The van der Waals surface area contributed by atoms with Crippen LogP contribution >= 0.6 is 15.9 Å². The molecule has 0 aliphatic carbocycles. The Bertz CT molecular complexity index is 339. The molecule has 0 saturated carbocycles. The van der Waals surface area contributed by atoms with E-state index in [-0.39, 0.29) is 6.03 Å². The second-order valence-electron chi connectivity index (χ2n) is 3.51. The third-order valence-electron chi connectivity index (χ3n) is 1.91. The SMILES string of the molecule is CN(C)C(=O)NCCNCc1ccc(Br)o1. The van der Waals surface area contributed by atoms with Gasteiger partial charge in [0.05, 0.1) is 6.54 Å². The van der Waals surface area contributed by atoms with E-state index in [1.165, 1.54) is 4.90 Å². The summed E-state index contributed by atoms with van der Waals surface area (Å²) in [7, 11) is 3.42. The van der Waals surface area contributed by atoms with Crippen molar-refractivity contribution in [3.05, 3.63) is 22.6 Å². The lowest BCUT2D eigenvalue weighted by atomic mass is 10.4. The topological polar surface area (TPSA) is 57.5 Å². The van der Waals surface area contributed by atoms with Crippen LogP contribution in [0.25, 0.3) is 0 Å². The summed E-state index contributed by atoms with van der Waals surface area (Å²) in [6.07, 6.45) is 0. The Morgan fingerprint density at radius 3 is 2.75 bits per heavy atom. The number of urea groups is 1. The molecule has 0 aliphatic heterocycles. The van der Waals surface area contributed by atoms with Crippen LogP contribution in [0.3, 0.4) is 0 Å². The molecule has 90 valence electrons. The average Bonchev–Trinajstić information content (AvgIpc) is 2.63. The lowest BCUT2D eigenvalue weighted by Crippen LogP contribution is -2.38. The zero-order valence-corrected chi connectivity index (χ0v) is 11.0. The monoisotopic (exact) mass is 289 g/mol. The van der Waals surface area contributed by atoms with E-state index in [0.29, 0.717) is 19.6 Å². The number of halogens is 1. The fourth-order valence-electron chi connectivity index (χ4n) is 1.07. The zero-order valence-electron chi connectivity index (χ0n) is 9.42. The van der Waals surface area contributed by atoms with Gasteiger partial charge in [0, 0.05) is 27.2 Å². The summed E-state index contributed by atoms with van der Waals surface area (Å²) < 4.78 is 6.04. The molecule has 2 amide bonds. The summed E-state index contributed by atoms with van der Waals surface area (Å²) in [6, 6.07) is 3.67. The number of nitrogens with one attached hydrogen (secondary N) is 2. The number of furan rings is 1. The maximum Gasteiger partial charge on any atom is 0.316 e. The largest absolute Gasteiger partial charge is 0.453 e. The van der Waals surface area contributed by atoms with Gasteiger partial charge < -0.3 is 20.0 Å². The molecule has 0 fully saturated rings. The Kier molecular flexibility index (Phi) is 5.34. The summed E-state index contributed by atoms with van der Waals surface area (Å²) in [5, 5.41) is 5.92. The second-order valence-corrected chi connectivity index (χ2v) is 4.29. The van der Waals surface area contributed by atoms with Gasteiger partial charge in [-0.3, -0.25) is 0 Å². The number of hydrogen-bond acceptors (Lipinski definition) is 3. The molecule has 0 unspecified atom stereocenters. The molecule has 0 spiro atoms. The molecule has 0 saturated heterocycles. The predicted octanol–water partition coefficient (Wildman–Crippen LogP) is 1.40. The second kappa shape index (κ2) is 6.55. The Morgan fingerprint density at radius 1 is 1.44 bits per heavy atom. The number of carbonyl (C=O) groups is 1. The number of amides is 2. The van der Waals surface area contributed by atoms with Crippen molar-refractivity contribution < 1.29 is 9.21 Å². The molecule has 1 aromatic rings. The van der Waals surface area contributed by atoms with Gasteiger partial charge in [0.15, 0.2) is 4.67 Å². The van der Waals surface area contributed by atoms with Gasteiger partial charge in [-0.1, -0.05) is 0 Å². The minimum absolute atomic E-state index is 0.0810. The van der Waals surface area contributed by atoms with Gasteiger partial charge in [-0.25, -0.2) is 4.79 Å². The quantitative estimate of drug-likeness (QED) is 0.806. The summed E-state index contributed by atoms with van der Waals surface area (Å²) in [5.74, 6) is 0.866. The average molecular weight is 290 g/mol. The molecule has 6 heteroatoms. The van der Waals surface area contributed by atoms with E-state index in [4.69, 9.17) is 4.42 Å². The van der Waals surface area contributed by atoms with Crippen LogP contribution in [0, 0.1) is 0 Å². The number of nitrogens with zero attached hydrogens (tertiary/aromatic N) is 1. The number of hydrogen-bond donors (Lipinski definition) is 2. The molecule has 5 nitrogen and oxygen atoms in total. The van der Waals surface area contributed by atoms with Gasteiger partial charge in [0.25, 0.3) is 0 Å². The van der Waals surface area contributed by atoms with E-state index < -0.39 is 0 Å². The predicted molar refractivity (Wildman–Crippen MR) is 65.2 cm³/mol. The van der Waals surface area contributed by atoms with Crippen LogP contribution in [0.15, 0.2) is 21.2 Å². The van der Waals surface area contributed by atoms with Gasteiger partial charge in [-0.15, -0.1) is 0 Å². The first-order valence-corrected chi connectivity index (χ1v) is 5.79. The van der Waals surface area contributed by atoms with E-state index in [2.05, 4.69) is 26.6 Å². The molecule has 0 bridgehead atoms. The lowest BCUT2D eigenvalue weighted by molar-refractivity contribution is 0.217. The van der Waals surface area contributed by atoms with Crippen molar-refractivity contribution in [2.75, 3.05) is 27.2 Å². The van der Waals surface area contributed by atoms with Crippen LogP contribution < -0.4 is 10.6 Å². The van der Waals surface area contributed by atoms with Crippen LogP contribution in [-0.4, -0.2) is 38.1 Å². The van der Waals surface area contributed by atoms with Crippen molar-refractivity contribution in [3.63, 3.8) is 0 Å². The highest BCUT2D eigenvalue weighted by molar-refractivity contribution is 9.10. The van der Waals surface area contributed by atoms with Gasteiger partial charge in [0.1, 0.15) is 5.76 Å². The molecular weight excluding hydrogens is 274 g/mol. The van der Waals surface area contributed by atoms with E-state index >= 15 is 0 Å². The van der Waals surface area contributed by atoms with E-state index in [1.807, 2.05) is 12.1 Å². The van der Waals surface area contributed by atoms with Crippen molar-refractivity contribution in [3.8, 4) is 0 Å². The third-order valence-corrected chi connectivity index (χ3v) is 2.34. The normalized spacial score (nSPS) is 10.2. The van der Waals surface area contributed by atoms with Crippen LogP contribution in [0.4, 0.5) is 4.79 Å². The summed E-state index contributed by atoms with van der Waals surface area (Å²) in [5.41, 5.74) is 0. The molecular formula is C10H16BrN3O2. The van der Waals surface area contributed by atoms with E-state index in [0.717, 1.165) is 10.4 Å².